The molecule has 0 saturated heterocycles. The second kappa shape index (κ2) is 33.9. The van der Waals surface area contributed by atoms with Crippen molar-refractivity contribution in [2.45, 2.75) is 130 Å². The van der Waals surface area contributed by atoms with Crippen LogP contribution in [0.2, 0.25) is 0 Å². The van der Waals surface area contributed by atoms with Crippen molar-refractivity contribution >= 4 is 56.5 Å². The van der Waals surface area contributed by atoms with Crippen molar-refractivity contribution in [2.24, 2.45) is 0 Å². The van der Waals surface area contributed by atoms with Crippen LogP contribution >= 0.6 is 11.3 Å². The lowest BCUT2D eigenvalue weighted by molar-refractivity contribution is 0.305. The molecular formula is C80H90N4O6S. The summed E-state index contributed by atoms with van der Waals surface area (Å²) in [5.74, 6) is 5.00. The Morgan fingerprint density at radius 2 is 0.505 bits per heavy atom. The van der Waals surface area contributed by atoms with Gasteiger partial charge in [0, 0.05) is 45.3 Å². The van der Waals surface area contributed by atoms with Crippen molar-refractivity contribution in [1.82, 2.24) is 9.97 Å². The van der Waals surface area contributed by atoms with Gasteiger partial charge in [0.1, 0.15) is 45.5 Å². The van der Waals surface area contributed by atoms with E-state index in [4.69, 9.17) is 38.4 Å². The summed E-state index contributed by atoms with van der Waals surface area (Å²) in [6.07, 6.45) is 18.5. The lowest BCUT2D eigenvalue weighted by atomic mass is 10.0. The van der Waals surface area contributed by atoms with Gasteiger partial charge in [0.05, 0.1) is 61.8 Å². The second-order valence-corrected chi connectivity index (χ2v) is 24.2. The first-order valence-corrected chi connectivity index (χ1v) is 34.1. The molecule has 91 heavy (non-hydrogen) atoms. The highest BCUT2D eigenvalue weighted by molar-refractivity contribution is 7.20. The number of anilines is 6. The Morgan fingerprint density at radius 1 is 0.275 bits per heavy atom. The normalized spacial score (nSPS) is 11.2. The molecule has 10 nitrogen and oxygen atoms in total. The molecule has 0 unspecified atom stereocenters. The van der Waals surface area contributed by atoms with E-state index in [1.54, 1.807) is 25.6 Å². The van der Waals surface area contributed by atoms with Crippen molar-refractivity contribution < 1.29 is 28.4 Å². The first-order valence-electron chi connectivity index (χ1n) is 33.2. The van der Waals surface area contributed by atoms with Crippen molar-refractivity contribution in [3.05, 3.63) is 194 Å². The molecule has 472 valence electrons. The van der Waals surface area contributed by atoms with Gasteiger partial charge in [-0.25, -0.2) is 9.97 Å². The third-order valence-electron chi connectivity index (χ3n) is 16.5. The first kappa shape index (κ1) is 65.2. The predicted octanol–water partition coefficient (Wildman–Crippen LogP) is 23.2. The average molecular weight is 1240 g/mol. The van der Waals surface area contributed by atoms with Gasteiger partial charge in [-0.2, -0.15) is 0 Å². The van der Waals surface area contributed by atoms with E-state index in [0.29, 0.717) is 26.4 Å². The number of thiophene rings is 1. The van der Waals surface area contributed by atoms with E-state index in [9.17, 15) is 0 Å². The van der Waals surface area contributed by atoms with Crippen LogP contribution in [0.4, 0.5) is 34.1 Å². The third-order valence-corrected chi connectivity index (χ3v) is 17.7. The number of benzene rings is 8. The van der Waals surface area contributed by atoms with Gasteiger partial charge < -0.3 is 38.2 Å². The van der Waals surface area contributed by atoms with Crippen LogP contribution in [0.25, 0.3) is 54.4 Å². The molecular weight excluding hydrogens is 1140 g/mol. The zero-order valence-electron chi connectivity index (χ0n) is 54.3. The molecule has 0 radical (unpaired) electrons. The standard InChI is InChI=1S/C80H90N4O6S/c1-7-11-15-19-55-87-71-47-35-65(36-48-71)83(66-37-49-72(50-38-66)88-56-20-16-12-8-2)63-31-23-61(24-32-63)79-77-78(82-76(60-29-45-70(86-6)46-30-60)75(81-77)59-27-43-69(85-5)44-28-59)80(91-79)62-25-33-64(34-26-62)84(67-39-51-73(52-40-67)89-57-21-17-13-9-3)68-41-53-74(54-42-68)90-58-22-18-14-10-4/h23-54H,7-22,55-58H2,1-6H3. The van der Waals surface area contributed by atoms with Gasteiger partial charge in [-0.3, -0.25) is 0 Å². The Kier molecular flexibility index (Phi) is 24.2. The van der Waals surface area contributed by atoms with Crippen LogP contribution in [-0.2, 0) is 0 Å². The monoisotopic (exact) mass is 1230 g/mol. The van der Waals surface area contributed by atoms with Crippen molar-refractivity contribution in [2.75, 3.05) is 50.4 Å². The SMILES string of the molecule is CCCCCCOc1ccc(N(c2ccc(OCCCCCC)cc2)c2ccc(-c3sc(-c4ccc(N(c5ccc(OCCCCCC)cc5)c5ccc(OCCCCCC)cc5)cc4)c4nc(-c5ccc(OC)cc5)c(-c5ccc(OC)cc5)nc34)cc2)cc1. The van der Waals surface area contributed by atoms with Crippen LogP contribution in [0.1, 0.15) is 130 Å². The highest BCUT2D eigenvalue weighted by Crippen LogP contribution is 2.47. The fraction of sp³-hybridized carbons (Fsp3) is 0.325. The average Bonchev–Trinajstić information content (AvgIpc) is 1.73. The number of hydrogen-bond donors (Lipinski definition) is 0. The van der Waals surface area contributed by atoms with Crippen molar-refractivity contribution in [3.8, 4) is 77.9 Å². The Morgan fingerprint density at radius 3 is 0.747 bits per heavy atom. The minimum Gasteiger partial charge on any atom is -0.497 e. The molecule has 0 bridgehead atoms. The van der Waals surface area contributed by atoms with E-state index < -0.39 is 0 Å². The van der Waals surface area contributed by atoms with E-state index in [1.165, 1.54) is 77.0 Å². The minimum absolute atomic E-state index is 0.706. The summed E-state index contributed by atoms with van der Waals surface area (Å²) in [7, 11) is 3.38. The molecule has 2 aromatic heterocycles. The van der Waals surface area contributed by atoms with Crippen LogP contribution < -0.4 is 38.2 Å². The molecule has 0 aliphatic carbocycles. The molecule has 2 heterocycles. The molecule has 10 aromatic rings. The van der Waals surface area contributed by atoms with E-state index in [0.717, 1.165) is 149 Å². The number of nitrogens with zero attached hydrogens (tertiary/aromatic N) is 4. The number of ether oxygens (including phenoxy) is 6. The fourth-order valence-electron chi connectivity index (χ4n) is 11.3. The smallest absolute Gasteiger partial charge is 0.119 e. The summed E-state index contributed by atoms with van der Waals surface area (Å²) in [4.78, 5) is 18.0. The number of methoxy groups -OCH3 is 2. The Balaban J connectivity index is 1.05. The lowest BCUT2D eigenvalue weighted by Crippen LogP contribution is -2.10. The molecule has 0 saturated carbocycles. The zero-order valence-corrected chi connectivity index (χ0v) is 55.1. The molecule has 0 aliphatic heterocycles. The van der Waals surface area contributed by atoms with E-state index >= 15 is 0 Å². The molecule has 0 aliphatic rings. The minimum atomic E-state index is 0.706. The van der Waals surface area contributed by atoms with Crippen molar-refractivity contribution in [1.29, 1.82) is 0 Å². The maximum atomic E-state index is 6.23. The Labute approximate surface area is 544 Å². The number of hydrogen-bond acceptors (Lipinski definition) is 11. The highest BCUT2D eigenvalue weighted by Gasteiger charge is 2.24. The van der Waals surface area contributed by atoms with E-state index in [-0.39, 0.29) is 0 Å². The lowest BCUT2D eigenvalue weighted by Gasteiger charge is -2.26. The molecule has 10 rings (SSSR count). The topological polar surface area (TPSA) is 87.6 Å². The summed E-state index contributed by atoms with van der Waals surface area (Å²) in [6.45, 7) is 11.8. The van der Waals surface area contributed by atoms with Crippen LogP contribution in [0, 0.1) is 0 Å². The Hall–Kier alpha value is -8.80. The fourth-order valence-corrected chi connectivity index (χ4v) is 12.5. The van der Waals surface area contributed by atoms with Gasteiger partial charge >= 0.3 is 0 Å². The molecule has 8 aromatic carbocycles. The van der Waals surface area contributed by atoms with Crippen LogP contribution in [0.15, 0.2) is 194 Å². The maximum Gasteiger partial charge on any atom is 0.119 e. The highest BCUT2D eigenvalue weighted by atomic mass is 32.1. The molecule has 0 atom stereocenters. The number of aromatic nitrogens is 2. The zero-order chi connectivity index (χ0) is 63.0. The summed E-state index contributed by atoms with van der Waals surface area (Å²) in [5, 5.41) is 0. The van der Waals surface area contributed by atoms with Crippen LogP contribution in [0.5, 0.6) is 34.5 Å². The number of unbranched alkanes of at least 4 members (excludes halogenated alkanes) is 12. The maximum absolute atomic E-state index is 6.23. The van der Waals surface area contributed by atoms with Gasteiger partial charge in [-0.1, -0.05) is 129 Å². The second-order valence-electron chi connectivity index (χ2n) is 23.2. The van der Waals surface area contributed by atoms with Crippen LogP contribution in [-0.4, -0.2) is 50.6 Å². The van der Waals surface area contributed by atoms with E-state index in [2.05, 4.69) is 207 Å². The summed E-state index contributed by atoms with van der Waals surface area (Å²) < 4.78 is 36.2. The van der Waals surface area contributed by atoms with Crippen LogP contribution in [0.3, 0.4) is 0 Å². The molecule has 11 heteroatoms. The number of rotatable bonds is 36. The largest absolute Gasteiger partial charge is 0.497 e. The van der Waals surface area contributed by atoms with Gasteiger partial charge in [0.15, 0.2) is 0 Å². The quantitative estimate of drug-likeness (QED) is 0.0354. The van der Waals surface area contributed by atoms with Gasteiger partial charge in [-0.05, 0) is 207 Å². The molecule has 0 amide bonds. The third kappa shape index (κ3) is 17.4. The van der Waals surface area contributed by atoms with Crippen molar-refractivity contribution in [3.63, 3.8) is 0 Å². The summed E-state index contributed by atoms with van der Waals surface area (Å²) >= 11 is 1.71. The summed E-state index contributed by atoms with van der Waals surface area (Å²) in [5.41, 5.74) is 13.2. The van der Waals surface area contributed by atoms with Gasteiger partial charge in [0.2, 0.25) is 0 Å². The first-order chi connectivity index (χ1) is 44.9. The molecule has 0 fully saturated rings. The Bertz CT molecular complexity index is 3400. The summed E-state index contributed by atoms with van der Waals surface area (Å²) in [6, 6.07) is 67.8. The van der Waals surface area contributed by atoms with Gasteiger partial charge in [-0.15, -0.1) is 11.3 Å². The number of fused-ring (bicyclic) bond motifs is 1. The molecule has 0 spiro atoms. The van der Waals surface area contributed by atoms with E-state index in [1.807, 2.05) is 24.3 Å². The van der Waals surface area contributed by atoms with Gasteiger partial charge in [0.25, 0.3) is 0 Å². The predicted molar refractivity (Wildman–Crippen MR) is 380 cm³/mol. The molecule has 0 N–H and O–H groups in total.